The number of benzene rings is 3. The van der Waals surface area contributed by atoms with Gasteiger partial charge in [0.1, 0.15) is 0 Å². The van der Waals surface area contributed by atoms with E-state index in [4.69, 9.17) is 11.6 Å². The summed E-state index contributed by atoms with van der Waals surface area (Å²) in [5, 5.41) is 0.194. The number of carbonyl (C=O) groups is 4. The van der Waals surface area contributed by atoms with E-state index in [1.165, 1.54) is 12.1 Å². The van der Waals surface area contributed by atoms with Crippen LogP contribution in [0.15, 0.2) is 66.7 Å². The van der Waals surface area contributed by atoms with Crippen molar-refractivity contribution in [2.24, 2.45) is 0 Å². The number of anilines is 2. The molecule has 0 unspecified atom stereocenters. The number of imide groups is 2. The molecule has 0 atom stereocenters. The molecule has 3 aromatic rings. The van der Waals surface area contributed by atoms with Gasteiger partial charge in [0.05, 0.1) is 38.7 Å². The molecule has 7 heteroatoms. The summed E-state index contributed by atoms with van der Waals surface area (Å²) in [6.07, 6.45) is 0. The lowest BCUT2D eigenvalue weighted by Gasteiger charge is -2.18. The lowest BCUT2D eigenvalue weighted by atomic mass is 10.1. The van der Waals surface area contributed by atoms with Crippen molar-refractivity contribution in [3.8, 4) is 0 Å². The molecule has 3 aromatic carbocycles. The van der Waals surface area contributed by atoms with Crippen LogP contribution in [-0.4, -0.2) is 23.6 Å². The van der Waals surface area contributed by atoms with E-state index in [1.54, 1.807) is 54.6 Å². The van der Waals surface area contributed by atoms with E-state index < -0.39 is 23.6 Å². The summed E-state index contributed by atoms with van der Waals surface area (Å²) in [7, 11) is 0. The Morgan fingerprint density at radius 2 is 1.03 bits per heavy atom. The van der Waals surface area contributed by atoms with Gasteiger partial charge in [0, 0.05) is 0 Å². The minimum atomic E-state index is -0.546. The standard InChI is InChI=1S/C22H11ClN2O4/c23-17-10-4-9-16-18(17)22(29)25(21(16)28)13-6-3-5-12(11-13)24-19(26)14-7-1-2-8-15(14)20(24)27/h1-11H. The average molecular weight is 403 g/mol. The summed E-state index contributed by atoms with van der Waals surface area (Å²) < 4.78 is 0. The van der Waals surface area contributed by atoms with Crippen LogP contribution in [0, 0.1) is 0 Å². The molecular formula is C22H11ClN2O4. The summed E-state index contributed by atoms with van der Waals surface area (Å²) in [4.78, 5) is 53.1. The maximum Gasteiger partial charge on any atom is 0.267 e. The van der Waals surface area contributed by atoms with E-state index in [-0.39, 0.29) is 27.5 Å². The molecule has 29 heavy (non-hydrogen) atoms. The van der Waals surface area contributed by atoms with Gasteiger partial charge in [0.2, 0.25) is 0 Å². The van der Waals surface area contributed by atoms with Gasteiger partial charge in [-0.3, -0.25) is 19.2 Å². The van der Waals surface area contributed by atoms with E-state index >= 15 is 0 Å². The third kappa shape index (κ3) is 2.36. The lowest BCUT2D eigenvalue weighted by molar-refractivity contribution is 0.0912. The largest absolute Gasteiger partial charge is 0.268 e. The maximum absolute atomic E-state index is 12.8. The molecular weight excluding hydrogens is 392 g/mol. The molecule has 2 heterocycles. The number of hydrogen-bond donors (Lipinski definition) is 0. The highest BCUT2D eigenvalue weighted by Gasteiger charge is 2.40. The predicted octanol–water partition coefficient (Wildman–Crippen LogP) is 3.94. The topological polar surface area (TPSA) is 74.8 Å². The van der Waals surface area contributed by atoms with Crippen LogP contribution >= 0.6 is 11.6 Å². The van der Waals surface area contributed by atoms with Crippen LogP contribution in [0.2, 0.25) is 5.02 Å². The number of nitrogens with zero attached hydrogens (tertiary/aromatic N) is 2. The second-order valence-electron chi connectivity index (χ2n) is 6.62. The fraction of sp³-hybridized carbons (Fsp3) is 0. The quantitative estimate of drug-likeness (QED) is 0.608. The number of halogens is 1. The Bertz CT molecular complexity index is 1230. The number of fused-ring (bicyclic) bond motifs is 2. The van der Waals surface area contributed by atoms with Crippen LogP contribution in [0.25, 0.3) is 0 Å². The van der Waals surface area contributed by atoms with Crippen LogP contribution in [0.1, 0.15) is 41.4 Å². The fourth-order valence-corrected chi connectivity index (χ4v) is 3.93. The van der Waals surface area contributed by atoms with Gasteiger partial charge in [-0.15, -0.1) is 0 Å². The van der Waals surface area contributed by atoms with Gasteiger partial charge in [-0.2, -0.15) is 0 Å². The first-order valence-electron chi connectivity index (χ1n) is 8.74. The molecule has 0 N–H and O–H groups in total. The third-order valence-electron chi connectivity index (χ3n) is 5.00. The minimum Gasteiger partial charge on any atom is -0.268 e. The SMILES string of the molecule is O=C1c2ccccc2C(=O)N1c1cccc(N2C(=O)c3cccc(Cl)c3C2=O)c1. The zero-order valence-corrected chi connectivity index (χ0v) is 15.5. The van der Waals surface area contributed by atoms with Crippen molar-refractivity contribution >= 4 is 46.6 Å². The van der Waals surface area contributed by atoms with Crippen molar-refractivity contribution in [2.45, 2.75) is 0 Å². The zero-order chi connectivity index (χ0) is 20.3. The van der Waals surface area contributed by atoms with E-state index in [0.717, 1.165) is 9.80 Å². The molecule has 5 rings (SSSR count). The van der Waals surface area contributed by atoms with Gasteiger partial charge >= 0.3 is 0 Å². The van der Waals surface area contributed by atoms with Gasteiger partial charge in [-0.05, 0) is 42.5 Å². The molecule has 0 bridgehead atoms. The summed E-state index contributed by atoms with van der Waals surface area (Å²) in [5.41, 5.74) is 1.52. The molecule has 0 spiro atoms. The lowest BCUT2D eigenvalue weighted by Crippen LogP contribution is -2.31. The van der Waals surface area contributed by atoms with Gasteiger partial charge in [0.25, 0.3) is 23.6 Å². The highest BCUT2D eigenvalue weighted by Crippen LogP contribution is 2.35. The van der Waals surface area contributed by atoms with E-state index in [1.807, 2.05) is 0 Å². The van der Waals surface area contributed by atoms with E-state index in [9.17, 15) is 19.2 Å². The van der Waals surface area contributed by atoms with Crippen LogP contribution < -0.4 is 9.80 Å². The minimum absolute atomic E-state index is 0.144. The van der Waals surface area contributed by atoms with Gasteiger partial charge in [0.15, 0.2) is 0 Å². The molecule has 0 aromatic heterocycles. The summed E-state index contributed by atoms with van der Waals surface area (Å²) in [6.45, 7) is 0. The molecule has 0 radical (unpaired) electrons. The number of amides is 4. The molecule has 6 nitrogen and oxygen atoms in total. The predicted molar refractivity (Wildman–Crippen MR) is 107 cm³/mol. The average Bonchev–Trinajstić information content (AvgIpc) is 3.14. The highest BCUT2D eigenvalue weighted by atomic mass is 35.5. The Hall–Kier alpha value is -3.77. The van der Waals surface area contributed by atoms with Crippen molar-refractivity contribution in [2.75, 3.05) is 9.80 Å². The Labute approximate surface area is 169 Å². The van der Waals surface area contributed by atoms with Crippen molar-refractivity contribution in [3.63, 3.8) is 0 Å². The maximum atomic E-state index is 12.8. The van der Waals surface area contributed by atoms with Gasteiger partial charge in [-0.25, -0.2) is 9.80 Å². The highest BCUT2D eigenvalue weighted by molar-refractivity contribution is 6.42. The summed E-state index contributed by atoms with van der Waals surface area (Å²) >= 11 is 6.11. The summed E-state index contributed by atoms with van der Waals surface area (Å²) in [6, 6.07) is 17.4. The monoisotopic (exact) mass is 402 g/mol. The first kappa shape index (κ1) is 17.3. The molecule has 0 saturated heterocycles. The molecule has 2 aliphatic heterocycles. The Morgan fingerprint density at radius 3 is 1.62 bits per heavy atom. The number of carbonyl (C=O) groups excluding carboxylic acids is 4. The van der Waals surface area contributed by atoms with Crippen molar-refractivity contribution < 1.29 is 19.2 Å². The second kappa shape index (κ2) is 6.12. The molecule has 0 aliphatic carbocycles. The van der Waals surface area contributed by atoms with Crippen LogP contribution in [0.5, 0.6) is 0 Å². The molecule has 4 amide bonds. The van der Waals surface area contributed by atoms with Crippen LogP contribution in [0.4, 0.5) is 11.4 Å². The zero-order valence-electron chi connectivity index (χ0n) is 14.8. The third-order valence-corrected chi connectivity index (χ3v) is 5.32. The Balaban J connectivity index is 1.57. The van der Waals surface area contributed by atoms with Crippen LogP contribution in [0.3, 0.4) is 0 Å². The molecule has 0 fully saturated rings. The first-order chi connectivity index (χ1) is 14.0. The fourth-order valence-electron chi connectivity index (χ4n) is 3.67. The number of hydrogen-bond acceptors (Lipinski definition) is 4. The summed E-state index contributed by atoms with van der Waals surface area (Å²) in [5.74, 6) is -1.96. The van der Waals surface area contributed by atoms with Crippen molar-refractivity contribution in [3.05, 3.63) is 94.0 Å². The van der Waals surface area contributed by atoms with Gasteiger partial charge < -0.3 is 0 Å². The second-order valence-corrected chi connectivity index (χ2v) is 7.03. The van der Waals surface area contributed by atoms with Crippen molar-refractivity contribution in [1.29, 1.82) is 0 Å². The van der Waals surface area contributed by atoms with Gasteiger partial charge in [-0.1, -0.05) is 35.9 Å². The molecule has 2 aliphatic rings. The van der Waals surface area contributed by atoms with Crippen molar-refractivity contribution in [1.82, 2.24) is 0 Å². The van der Waals surface area contributed by atoms with E-state index in [0.29, 0.717) is 11.1 Å². The van der Waals surface area contributed by atoms with Crippen LogP contribution in [-0.2, 0) is 0 Å². The Kier molecular flexibility index (Phi) is 3.66. The Morgan fingerprint density at radius 1 is 0.552 bits per heavy atom. The number of rotatable bonds is 2. The first-order valence-corrected chi connectivity index (χ1v) is 9.12. The van der Waals surface area contributed by atoms with E-state index in [2.05, 4.69) is 0 Å². The molecule has 140 valence electrons. The smallest absolute Gasteiger partial charge is 0.267 e. The molecule has 0 saturated carbocycles. The normalized spacial score (nSPS) is 15.2.